The monoisotopic (exact) mass is 320 g/mol. The van der Waals surface area contributed by atoms with Crippen molar-refractivity contribution in [2.75, 3.05) is 0 Å². The third-order valence-electron chi connectivity index (χ3n) is 1.62. The summed E-state index contributed by atoms with van der Waals surface area (Å²) in [4.78, 5) is 0. The standard InChI is InChI=1S/C7H9.C5H7.2ClH.Zr/c1-6-4-3-5-7(6)2;1-3-5-4-2;;;/h3-5H,1-2H3;1,3-5H,2H3;2*1H;/q2*-1;;;+4/p-2. The van der Waals surface area contributed by atoms with Crippen molar-refractivity contribution in [2.45, 2.75) is 20.8 Å². The van der Waals surface area contributed by atoms with Crippen molar-refractivity contribution < 1.29 is 51.0 Å². The van der Waals surface area contributed by atoms with Crippen LogP contribution in [0.3, 0.4) is 0 Å². The Bertz CT molecular complexity index is 235. The molecular formula is C12H16Cl2Zr. The molecule has 0 N–H and O–H groups in total. The number of rotatable bonds is 1. The molecule has 0 amide bonds. The number of halogens is 2. The Kier molecular flexibility index (Phi) is 27.3. The van der Waals surface area contributed by atoms with Gasteiger partial charge < -0.3 is 24.8 Å². The summed E-state index contributed by atoms with van der Waals surface area (Å²) in [6.45, 7) is 11.1. The van der Waals surface area contributed by atoms with Gasteiger partial charge in [0.1, 0.15) is 0 Å². The molecule has 0 saturated carbocycles. The van der Waals surface area contributed by atoms with Crippen LogP contribution in [0.4, 0.5) is 0 Å². The Hall–Kier alpha value is 0.293. The average Bonchev–Trinajstić information content (AvgIpc) is 2.39. The number of hydrogen-bond acceptors (Lipinski definition) is 0. The van der Waals surface area contributed by atoms with Gasteiger partial charge in [0, 0.05) is 0 Å². The van der Waals surface area contributed by atoms with E-state index >= 15 is 0 Å². The molecule has 0 spiro atoms. The zero-order valence-electron chi connectivity index (χ0n) is 9.30. The minimum Gasteiger partial charge on any atom is -1.00 e. The van der Waals surface area contributed by atoms with Gasteiger partial charge in [0.15, 0.2) is 0 Å². The zero-order chi connectivity index (χ0) is 9.40. The Balaban J connectivity index is -0.0000000701. The first-order valence-electron chi connectivity index (χ1n) is 4.07. The average molecular weight is 322 g/mol. The van der Waals surface area contributed by atoms with E-state index in [1.165, 1.54) is 17.2 Å². The van der Waals surface area contributed by atoms with E-state index < -0.39 is 0 Å². The molecule has 0 aliphatic carbocycles. The Morgan fingerprint density at radius 3 is 1.60 bits per heavy atom. The number of allylic oxidation sites excluding steroid dienone is 3. The summed E-state index contributed by atoms with van der Waals surface area (Å²) in [5.74, 6) is 0. The SMILES string of the molecule is Cc1c[cH-]cc1C.[CH-]=CC=CC.[Cl-].[Cl-].[Zr+4]. The van der Waals surface area contributed by atoms with E-state index in [2.05, 4.69) is 32.0 Å². The van der Waals surface area contributed by atoms with E-state index in [4.69, 9.17) is 6.58 Å². The van der Waals surface area contributed by atoms with Crippen LogP contribution in [-0.2, 0) is 26.2 Å². The van der Waals surface area contributed by atoms with Crippen LogP contribution in [0.25, 0.3) is 0 Å². The summed E-state index contributed by atoms with van der Waals surface area (Å²) in [6, 6.07) is 6.31. The Morgan fingerprint density at radius 2 is 1.53 bits per heavy atom. The van der Waals surface area contributed by atoms with Crippen LogP contribution < -0.4 is 24.8 Å². The molecule has 0 aromatic heterocycles. The molecule has 0 fully saturated rings. The van der Waals surface area contributed by atoms with E-state index in [9.17, 15) is 0 Å². The first-order valence-corrected chi connectivity index (χ1v) is 4.07. The normalized spacial score (nSPS) is 7.40. The van der Waals surface area contributed by atoms with Crippen LogP contribution in [0.2, 0.25) is 0 Å². The van der Waals surface area contributed by atoms with E-state index in [0.29, 0.717) is 0 Å². The minimum atomic E-state index is 0. The van der Waals surface area contributed by atoms with Gasteiger partial charge in [-0.2, -0.15) is 35.4 Å². The smallest absolute Gasteiger partial charge is 1.00 e. The summed E-state index contributed by atoms with van der Waals surface area (Å²) in [7, 11) is 0. The summed E-state index contributed by atoms with van der Waals surface area (Å²) >= 11 is 0. The molecule has 82 valence electrons. The molecule has 15 heavy (non-hydrogen) atoms. The summed E-state index contributed by atoms with van der Waals surface area (Å²) in [5, 5.41) is 0. The Labute approximate surface area is 125 Å². The Morgan fingerprint density at radius 1 is 1.13 bits per heavy atom. The topological polar surface area (TPSA) is 0 Å². The molecule has 3 heteroatoms. The van der Waals surface area contributed by atoms with Gasteiger partial charge >= 0.3 is 26.2 Å². The third-order valence-corrected chi connectivity index (χ3v) is 1.62. The summed E-state index contributed by atoms with van der Waals surface area (Å²) in [5.41, 5.74) is 2.78. The molecule has 1 aromatic rings. The molecule has 1 rings (SSSR count). The number of aryl methyl sites for hydroxylation is 2. The molecule has 0 saturated heterocycles. The van der Waals surface area contributed by atoms with Gasteiger partial charge in [0.25, 0.3) is 0 Å². The molecule has 0 aliphatic rings. The van der Waals surface area contributed by atoms with Gasteiger partial charge in [0.05, 0.1) is 0 Å². The predicted octanol–water partition coefficient (Wildman–Crippen LogP) is -2.42. The second-order valence-corrected chi connectivity index (χ2v) is 2.61. The van der Waals surface area contributed by atoms with Crippen molar-refractivity contribution >= 4 is 0 Å². The van der Waals surface area contributed by atoms with Crippen molar-refractivity contribution in [2.24, 2.45) is 0 Å². The fraction of sp³-hybridized carbons (Fsp3) is 0.250. The summed E-state index contributed by atoms with van der Waals surface area (Å²) in [6.07, 6.45) is 5.15. The van der Waals surface area contributed by atoms with Crippen LogP contribution in [0.5, 0.6) is 0 Å². The first-order chi connectivity index (χ1) is 5.72. The molecule has 0 aliphatic heterocycles. The largest absolute Gasteiger partial charge is 4.00 e. The quantitative estimate of drug-likeness (QED) is 0.399. The van der Waals surface area contributed by atoms with Crippen molar-refractivity contribution in [3.63, 3.8) is 0 Å². The maximum Gasteiger partial charge on any atom is 4.00 e. The van der Waals surface area contributed by atoms with Crippen molar-refractivity contribution in [3.8, 4) is 0 Å². The van der Waals surface area contributed by atoms with Crippen LogP contribution in [0.15, 0.2) is 36.4 Å². The van der Waals surface area contributed by atoms with E-state index in [-0.39, 0.29) is 51.0 Å². The summed E-state index contributed by atoms with van der Waals surface area (Å²) < 4.78 is 0. The van der Waals surface area contributed by atoms with Crippen LogP contribution in [0.1, 0.15) is 18.1 Å². The van der Waals surface area contributed by atoms with Gasteiger partial charge in [-0.3, -0.25) is 6.58 Å². The molecule has 0 radical (unpaired) electrons. The fourth-order valence-corrected chi connectivity index (χ4v) is 0.711. The molecule has 0 bridgehead atoms. The number of hydrogen-bond donors (Lipinski definition) is 0. The van der Waals surface area contributed by atoms with Crippen molar-refractivity contribution in [1.82, 2.24) is 0 Å². The van der Waals surface area contributed by atoms with Crippen molar-refractivity contribution in [3.05, 3.63) is 54.1 Å². The fourth-order valence-electron chi connectivity index (χ4n) is 0.711. The maximum absolute atomic E-state index is 4.93. The van der Waals surface area contributed by atoms with Crippen LogP contribution >= 0.6 is 0 Å². The van der Waals surface area contributed by atoms with Gasteiger partial charge in [-0.25, -0.2) is 12.2 Å². The van der Waals surface area contributed by atoms with E-state index in [1.54, 1.807) is 6.08 Å². The van der Waals surface area contributed by atoms with Crippen molar-refractivity contribution in [1.29, 1.82) is 0 Å². The molecular weight excluding hydrogens is 306 g/mol. The predicted molar refractivity (Wildman–Crippen MR) is 55.2 cm³/mol. The maximum atomic E-state index is 4.93. The van der Waals surface area contributed by atoms with E-state index in [1.807, 2.05) is 13.0 Å². The zero-order valence-corrected chi connectivity index (χ0v) is 13.3. The van der Waals surface area contributed by atoms with Crippen LogP contribution in [0, 0.1) is 20.4 Å². The van der Waals surface area contributed by atoms with Crippen LogP contribution in [-0.4, -0.2) is 0 Å². The minimum absolute atomic E-state index is 0. The molecule has 0 nitrogen and oxygen atoms in total. The second kappa shape index (κ2) is 16.7. The van der Waals surface area contributed by atoms with Gasteiger partial charge in [0.2, 0.25) is 0 Å². The van der Waals surface area contributed by atoms with Gasteiger partial charge in [-0.1, -0.05) is 20.8 Å². The third kappa shape index (κ3) is 14.3. The van der Waals surface area contributed by atoms with Gasteiger partial charge in [-0.05, 0) is 0 Å². The molecule has 0 atom stereocenters. The molecule has 0 unspecified atom stereocenters. The second-order valence-electron chi connectivity index (χ2n) is 2.61. The first kappa shape index (κ1) is 24.5. The molecule has 1 aromatic carbocycles. The molecule has 0 heterocycles. The van der Waals surface area contributed by atoms with E-state index in [0.717, 1.165) is 0 Å². The van der Waals surface area contributed by atoms with Gasteiger partial charge in [-0.15, -0.1) is 0 Å².